The molecule has 0 saturated carbocycles. The molecule has 0 aromatic carbocycles. The van der Waals surface area contributed by atoms with E-state index >= 15 is 0 Å². The number of nitrogens with zero attached hydrogens (tertiary/aromatic N) is 3. The molecule has 1 aromatic rings. The van der Waals surface area contributed by atoms with Crippen LogP contribution in [-0.4, -0.2) is 26.1 Å². The van der Waals surface area contributed by atoms with Gasteiger partial charge >= 0.3 is 5.97 Å². The SMILES string of the molecule is CC(C)c1c(CC(=O)O)nnn1C(C)C. The van der Waals surface area contributed by atoms with E-state index in [0.29, 0.717) is 5.69 Å². The lowest BCUT2D eigenvalue weighted by Gasteiger charge is -2.13. The maximum absolute atomic E-state index is 10.6. The Morgan fingerprint density at radius 1 is 1.40 bits per heavy atom. The Morgan fingerprint density at radius 3 is 2.40 bits per heavy atom. The number of carboxylic acids is 1. The van der Waals surface area contributed by atoms with Crippen LogP contribution in [0.4, 0.5) is 0 Å². The summed E-state index contributed by atoms with van der Waals surface area (Å²) in [5.74, 6) is -0.635. The first-order chi connectivity index (χ1) is 6.93. The number of hydrogen-bond donors (Lipinski definition) is 1. The molecule has 5 heteroatoms. The maximum atomic E-state index is 10.6. The van der Waals surface area contributed by atoms with Crippen molar-refractivity contribution in [3.63, 3.8) is 0 Å². The molecule has 0 amide bonds. The summed E-state index contributed by atoms with van der Waals surface area (Å²) >= 11 is 0. The van der Waals surface area contributed by atoms with E-state index in [0.717, 1.165) is 5.69 Å². The van der Waals surface area contributed by atoms with E-state index in [1.165, 1.54) is 0 Å². The highest BCUT2D eigenvalue weighted by atomic mass is 16.4. The van der Waals surface area contributed by atoms with Gasteiger partial charge < -0.3 is 5.11 Å². The van der Waals surface area contributed by atoms with Gasteiger partial charge in [0, 0.05) is 6.04 Å². The lowest BCUT2D eigenvalue weighted by atomic mass is 10.1. The van der Waals surface area contributed by atoms with Crippen molar-refractivity contribution in [2.75, 3.05) is 0 Å². The van der Waals surface area contributed by atoms with Crippen LogP contribution >= 0.6 is 0 Å². The Balaban J connectivity index is 3.12. The number of rotatable bonds is 4. The van der Waals surface area contributed by atoms with Crippen LogP contribution in [0.3, 0.4) is 0 Å². The molecule has 0 bridgehead atoms. The second kappa shape index (κ2) is 4.42. The number of hydrogen-bond acceptors (Lipinski definition) is 3. The Hall–Kier alpha value is -1.39. The highest BCUT2D eigenvalue weighted by molar-refractivity contribution is 5.69. The van der Waals surface area contributed by atoms with Gasteiger partial charge in [-0.15, -0.1) is 5.10 Å². The first-order valence-electron chi connectivity index (χ1n) is 5.09. The van der Waals surface area contributed by atoms with Gasteiger partial charge in [-0.1, -0.05) is 19.1 Å². The topological polar surface area (TPSA) is 68.0 Å². The van der Waals surface area contributed by atoms with Gasteiger partial charge in [-0.3, -0.25) is 4.79 Å². The second-order valence-electron chi connectivity index (χ2n) is 4.18. The third kappa shape index (κ3) is 2.55. The van der Waals surface area contributed by atoms with Gasteiger partial charge in [-0.25, -0.2) is 4.68 Å². The molecule has 0 aliphatic heterocycles. The molecule has 5 nitrogen and oxygen atoms in total. The first kappa shape index (κ1) is 11.7. The summed E-state index contributed by atoms with van der Waals surface area (Å²) in [6.45, 7) is 8.04. The molecular weight excluding hydrogens is 194 g/mol. The van der Waals surface area contributed by atoms with Crippen LogP contribution in [0, 0.1) is 0 Å². The molecule has 15 heavy (non-hydrogen) atoms. The van der Waals surface area contributed by atoms with E-state index in [9.17, 15) is 4.79 Å². The molecule has 0 fully saturated rings. The summed E-state index contributed by atoms with van der Waals surface area (Å²) in [7, 11) is 0. The Morgan fingerprint density at radius 2 is 2.00 bits per heavy atom. The average Bonchev–Trinajstić information content (AvgIpc) is 2.46. The predicted molar refractivity (Wildman–Crippen MR) is 55.8 cm³/mol. The lowest BCUT2D eigenvalue weighted by Crippen LogP contribution is -2.11. The molecule has 0 spiro atoms. The lowest BCUT2D eigenvalue weighted by molar-refractivity contribution is -0.136. The van der Waals surface area contributed by atoms with Gasteiger partial charge in [0.15, 0.2) is 0 Å². The fourth-order valence-electron chi connectivity index (χ4n) is 1.58. The van der Waals surface area contributed by atoms with Crippen LogP contribution in [0.5, 0.6) is 0 Å². The number of carboxylic acid groups (broad SMARTS) is 1. The van der Waals surface area contributed by atoms with E-state index < -0.39 is 5.97 Å². The zero-order valence-corrected chi connectivity index (χ0v) is 9.56. The van der Waals surface area contributed by atoms with Gasteiger partial charge in [-0.2, -0.15) is 0 Å². The Kier molecular flexibility index (Phi) is 3.44. The summed E-state index contributed by atoms with van der Waals surface area (Å²) in [5.41, 5.74) is 1.50. The van der Waals surface area contributed by atoms with E-state index in [1.807, 2.05) is 27.7 Å². The molecular formula is C10H17N3O2. The largest absolute Gasteiger partial charge is 0.481 e. The minimum Gasteiger partial charge on any atom is -0.481 e. The smallest absolute Gasteiger partial charge is 0.309 e. The minimum atomic E-state index is -0.868. The van der Waals surface area contributed by atoms with E-state index in [2.05, 4.69) is 10.3 Å². The number of aliphatic carboxylic acids is 1. The third-order valence-corrected chi connectivity index (χ3v) is 2.16. The molecule has 0 unspecified atom stereocenters. The molecule has 0 saturated heterocycles. The van der Waals surface area contributed by atoms with Crippen molar-refractivity contribution in [1.29, 1.82) is 0 Å². The molecule has 0 aliphatic rings. The van der Waals surface area contributed by atoms with Crippen LogP contribution < -0.4 is 0 Å². The summed E-state index contributed by atoms with van der Waals surface area (Å²) in [4.78, 5) is 10.6. The first-order valence-corrected chi connectivity index (χ1v) is 5.09. The van der Waals surface area contributed by atoms with Gasteiger partial charge in [-0.05, 0) is 19.8 Å². The van der Waals surface area contributed by atoms with Crippen LogP contribution in [-0.2, 0) is 11.2 Å². The highest BCUT2D eigenvalue weighted by Gasteiger charge is 2.19. The predicted octanol–water partition coefficient (Wildman–Crippen LogP) is 1.61. The molecule has 0 radical (unpaired) electrons. The van der Waals surface area contributed by atoms with Crippen molar-refractivity contribution in [2.24, 2.45) is 0 Å². The molecule has 1 N–H and O–H groups in total. The van der Waals surface area contributed by atoms with Crippen molar-refractivity contribution in [2.45, 2.75) is 46.1 Å². The summed E-state index contributed by atoms with van der Waals surface area (Å²) in [6, 6.07) is 0.206. The van der Waals surface area contributed by atoms with Crippen molar-refractivity contribution in [3.8, 4) is 0 Å². The van der Waals surface area contributed by atoms with Crippen LogP contribution in [0.15, 0.2) is 0 Å². The molecule has 1 rings (SSSR count). The summed E-state index contributed by atoms with van der Waals surface area (Å²) in [6.07, 6.45) is -0.0553. The van der Waals surface area contributed by atoms with E-state index in [4.69, 9.17) is 5.11 Å². The quantitative estimate of drug-likeness (QED) is 0.821. The minimum absolute atomic E-state index is 0.0553. The number of aromatic nitrogens is 3. The monoisotopic (exact) mass is 211 g/mol. The van der Waals surface area contributed by atoms with Crippen molar-refractivity contribution in [1.82, 2.24) is 15.0 Å². The fourth-order valence-corrected chi connectivity index (χ4v) is 1.58. The maximum Gasteiger partial charge on any atom is 0.309 e. The zero-order chi connectivity index (χ0) is 11.6. The summed E-state index contributed by atoms with van der Waals surface area (Å²) < 4.78 is 1.79. The van der Waals surface area contributed by atoms with E-state index in [1.54, 1.807) is 4.68 Å². The van der Waals surface area contributed by atoms with Gasteiger partial charge in [0.1, 0.15) is 0 Å². The molecule has 1 heterocycles. The van der Waals surface area contributed by atoms with Crippen molar-refractivity contribution < 1.29 is 9.90 Å². The number of carbonyl (C=O) groups is 1. The van der Waals surface area contributed by atoms with Crippen LogP contribution in [0.2, 0.25) is 0 Å². The van der Waals surface area contributed by atoms with E-state index in [-0.39, 0.29) is 18.4 Å². The zero-order valence-electron chi connectivity index (χ0n) is 9.56. The van der Waals surface area contributed by atoms with Crippen LogP contribution in [0.25, 0.3) is 0 Å². The third-order valence-electron chi connectivity index (χ3n) is 2.16. The second-order valence-corrected chi connectivity index (χ2v) is 4.18. The fraction of sp³-hybridized carbons (Fsp3) is 0.700. The van der Waals surface area contributed by atoms with Gasteiger partial charge in [0.05, 0.1) is 17.8 Å². The Labute approximate surface area is 89.1 Å². The highest BCUT2D eigenvalue weighted by Crippen LogP contribution is 2.21. The molecule has 0 aliphatic carbocycles. The average molecular weight is 211 g/mol. The normalized spacial score (nSPS) is 11.3. The van der Waals surface area contributed by atoms with Crippen molar-refractivity contribution >= 4 is 5.97 Å². The van der Waals surface area contributed by atoms with Crippen LogP contribution in [0.1, 0.15) is 51.0 Å². The summed E-state index contributed by atoms with van der Waals surface area (Å²) in [5, 5.41) is 16.7. The Bertz CT molecular complexity index is 356. The van der Waals surface area contributed by atoms with Crippen molar-refractivity contribution in [3.05, 3.63) is 11.4 Å². The molecule has 84 valence electrons. The van der Waals surface area contributed by atoms with Gasteiger partial charge in [0.2, 0.25) is 0 Å². The van der Waals surface area contributed by atoms with Gasteiger partial charge in [0.25, 0.3) is 0 Å². The standard InChI is InChI=1S/C10H17N3O2/c1-6(2)10-8(5-9(14)15)11-12-13(10)7(3)4/h6-7H,5H2,1-4H3,(H,14,15). The molecule has 0 atom stereocenters. The molecule has 1 aromatic heterocycles.